The normalized spacial score (nSPS) is 15.9. The van der Waals surface area contributed by atoms with Crippen LogP contribution in [0.1, 0.15) is 54.2 Å². The van der Waals surface area contributed by atoms with Crippen LogP contribution in [0, 0.1) is 0 Å². The number of benzene rings is 1. The molecule has 1 N–H and O–H groups in total. The van der Waals surface area contributed by atoms with Crippen LogP contribution in [0.25, 0.3) is 0 Å². The summed E-state index contributed by atoms with van der Waals surface area (Å²) in [4.78, 5) is 12.6. The number of nitrogens with one attached hydrogen (secondary N) is 1. The van der Waals surface area contributed by atoms with Gasteiger partial charge in [0, 0.05) is 24.8 Å². The van der Waals surface area contributed by atoms with Crippen molar-refractivity contribution in [2.75, 3.05) is 6.26 Å². The first-order chi connectivity index (χ1) is 11.9. The molecule has 8 heteroatoms. The van der Waals surface area contributed by atoms with Gasteiger partial charge in [0.05, 0.1) is 10.9 Å². The minimum absolute atomic E-state index is 0.129. The molecule has 1 atom stereocenters. The highest BCUT2D eigenvalue weighted by Crippen LogP contribution is 2.19. The average Bonchev–Trinajstić information content (AvgIpc) is 2.83. The van der Waals surface area contributed by atoms with Crippen molar-refractivity contribution >= 4 is 15.7 Å². The van der Waals surface area contributed by atoms with E-state index in [0.29, 0.717) is 5.56 Å². The Balaban J connectivity index is 1.79. The monoisotopic (exact) mass is 362 g/mol. The number of nitrogens with zero attached hydrogens (tertiary/aromatic N) is 3. The fourth-order valence-electron chi connectivity index (χ4n) is 3.04. The average molecular weight is 362 g/mol. The van der Waals surface area contributed by atoms with E-state index < -0.39 is 9.84 Å². The summed E-state index contributed by atoms with van der Waals surface area (Å²) in [5.74, 6) is 1.38. The first-order valence-corrected chi connectivity index (χ1v) is 10.3. The van der Waals surface area contributed by atoms with Crippen LogP contribution in [-0.2, 0) is 22.8 Å². The van der Waals surface area contributed by atoms with E-state index in [0.717, 1.165) is 43.7 Å². The molecule has 0 saturated carbocycles. The first kappa shape index (κ1) is 17.6. The summed E-state index contributed by atoms with van der Waals surface area (Å²) in [6, 6.07) is 5.73. The van der Waals surface area contributed by atoms with E-state index in [1.165, 1.54) is 18.6 Å². The standard InChI is InChI=1S/C17H22N4O3S/c1-12(16-20-19-15-9-4-3-5-10-21(15)16)18-17(22)13-7-6-8-14(11-13)25(2,23)24/h6-8,11-12H,3-5,9-10H2,1-2H3,(H,18,22)/t12-/m1/s1. The first-order valence-electron chi connectivity index (χ1n) is 8.39. The van der Waals surface area contributed by atoms with Crippen LogP contribution in [-0.4, -0.2) is 35.3 Å². The number of amides is 1. The fourth-order valence-corrected chi connectivity index (χ4v) is 3.71. The Morgan fingerprint density at radius 1 is 1.24 bits per heavy atom. The van der Waals surface area contributed by atoms with Crippen LogP contribution in [0.3, 0.4) is 0 Å². The molecular weight excluding hydrogens is 340 g/mol. The number of hydrogen-bond donors (Lipinski definition) is 1. The Morgan fingerprint density at radius 2 is 2.04 bits per heavy atom. The predicted molar refractivity (Wildman–Crippen MR) is 93.0 cm³/mol. The molecule has 0 radical (unpaired) electrons. The second-order valence-corrected chi connectivity index (χ2v) is 8.45. The van der Waals surface area contributed by atoms with E-state index >= 15 is 0 Å². The molecule has 1 aromatic carbocycles. The maximum Gasteiger partial charge on any atom is 0.251 e. The summed E-state index contributed by atoms with van der Waals surface area (Å²) in [6.45, 7) is 2.72. The van der Waals surface area contributed by atoms with Crippen molar-refractivity contribution in [3.05, 3.63) is 41.5 Å². The van der Waals surface area contributed by atoms with E-state index in [-0.39, 0.29) is 16.8 Å². The molecule has 0 bridgehead atoms. The zero-order valence-electron chi connectivity index (χ0n) is 14.4. The molecule has 3 rings (SSSR count). The Kier molecular flexibility index (Phi) is 4.89. The molecular formula is C17H22N4O3S. The fraction of sp³-hybridized carbons (Fsp3) is 0.471. The van der Waals surface area contributed by atoms with E-state index in [9.17, 15) is 13.2 Å². The second kappa shape index (κ2) is 6.95. The van der Waals surface area contributed by atoms with Gasteiger partial charge in [-0.1, -0.05) is 12.5 Å². The minimum atomic E-state index is -3.35. The van der Waals surface area contributed by atoms with Gasteiger partial charge in [-0.15, -0.1) is 10.2 Å². The predicted octanol–water partition coefficient (Wildman–Crippen LogP) is 1.90. The van der Waals surface area contributed by atoms with Gasteiger partial charge in [-0.05, 0) is 38.0 Å². The topological polar surface area (TPSA) is 93.9 Å². The Bertz CT molecular complexity index is 889. The van der Waals surface area contributed by atoms with Crippen molar-refractivity contribution in [2.24, 2.45) is 0 Å². The maximum absolute atomic E-state index is 12.5. The molecule has 0 spiro atoms. The van der Waals surface area contributed by atoms with Gasteiger partial charge in [0.1, 0.15) is 5.82 Å². The quantitative estimate of drug-likeness (QED) is 0.896. The number of carbonyl (C=O) groups excluding carboxylic acids is 1. The van der Waals surface area contributed by atoms with E-state index in [4.69, 9.17) is 0 Å². The zero-order chi connectivity index (χ0) is 18.0. The Labute approximate surface area is 147 Å². The van der Waals surface area contributed by atoms with Crippen molar-refractivity contribution in [1.82, 2.24) is 20.1 Å². The van der Waals surface area contributed by atoms with Crippen LogP contribution in [0.5, 0.6) is 0 Å². The van der Waals surface area contributed by atoms with E-state index in [1.807, 2.05) is 6.92 Å². The van der Waals surface area contributed by atoms with Gasteiger partial charge >= 0.3 is 0 Å². The molecule has 0 aliphatic carbocycles. The third-order valence-electron chi connectivity index (χ3n) is 4.40. The van der Waals surface area contributed by atoms with Gasteiger partial charge in [-0.25, -0.2) is 8.42 Å². The van der Waals surface area contributed by atoms with Gasteiger partial charge in [-0.2, -0.15) is 0 Å². The van der Waals surface area contributed by atoms with Crippen LogP contribution >= 0.6 is 0 Å². The van der Waals surface area contributed by atoms with E-state index in [1.54, 1.807) is 12.1 Å². The second-order valence-electron chi connectivity index (χ2n) is 6.43. The minimum Gasteiger partial charge on any atom is -0.342 e. The molecule has 0 unspecified atom stereocenters. The third-order valence-corrected chi connectivity index (χ3v) is 5.51. The molecule has 1 aromatic heterocycles. The third kappa shape index (κ3) is 3.89. The number of carbonyl (C=O) groups is 1. The van der Waals surface area contributed by atoms with Crippen LogP contribution in [0.15, 0.2) is 29.2 Å². The molecule has 1 aliphatic heterocycles. The maximum atomic E-state index is 12.5. The van der Waals surface area contributed by atoms with Crippen molar-refractivity contribution in [1.29, 1.82) is 0 Å². The summed E-state index contributed by atoms with van der Waals surface area (Å²) in [6.07, 6.45) is 5.39. The van der Waals surface area contributed by atoms with Gasteiger partial charge in [0.15, 0.2) is 15.7 Å². The molecule has 0 fully saturated rings. The molecule has 2 heterocycles. The summed E-state index contributed by atoms with van der Waals surface area (Å²) in [5, 5.41) is 11.4. The number of aromatic nitrogens is 3. The molecule has 0 saturated heterocycles. The van der Waals surface area contributed by atoms with Crippen LogP contribution < -0.4 is 5.32 Å². The lowest BCUT2D eigenvalue weighted by atomic mass is 10.2. The van der Waals surface area contributed by atoms with Gasteiger partial charge < -0.3 is 9.88 Å². The van der Waals surface area contributed by atoms with Gasteiger partial charge in [-0.3, -0.25) is 4.79 Å². The Hall–Kier alpha value is -2.22. The molecule has 1 aliphatic rings. The van der Waals surface area contributed by atoms with Crippen LogP contribution in [0.2, 0.25) is 0 Å². The SMILES string of the molecule is C[C@@H](NC(=O)c1cccc(S(C)(=O)=O)c1)c1nnc2n1CCCCC2. The molecule has 7 nitrogen and oxygen atoms in total. The number of hydrogen-bond acceptors (Lipinski definition) is 5. The highest BCUT2D eigenvalue weighted by Gasteiger charge is 2.21. The number of aryl methyl sites for hydroxylation is 1. The summed E-state index contributed by atoms with van der Waals surface area (Å²) in [7, 11) is -3.35. The summed E-state index contributed by atoms with van der Waals surface area (Å²) >= 11 is 0. The Morgan fingerprint density at radius 3 is 2.80 bits per heavy atom. The van der Waals surface area contributed by atoms with Crippen LogP contribution in [0.4, 0.5) is 0 Å². The largest absolute Gasteiger partial charge is 0.342 e. The van der Waals surface area contributed by atoms with Crippen molar-refractivity contribution in [2.45, 2.75) is 50.1 Å². The van der Waals surface area contributed by atoms with Crippen molar-refractivity contribution in [3.8, 4) is 0 Å². The molecule has 25 heavy (non-hydrogen) atoms. The smallest absolute Gasteiger partial charge is 0.251 e. The summed E-state index contributed by atoms with van der Waals surface area (Å²) in [5.41, 5.74) is 0.311. The lowest BCUT2D eigenvalue weighted by molar-refractivity contribution is 0.0937. The van der Waals surface area contributed by atoms with E-state index in [2.05, 4.69) is 20.1 Å². The van der Waals surface area contributed by atoms with Gasteiger partial charge in [0.25, 0.3) is 5.91 Å². The number of sulfone groups is 1. The summed E-state index contributed by atoms with van der Waals surface area (Å²) < 4.78 is 25.4. The van der Waals surface area contributed by atoms with Crippen molar-refractivity contribution in [3.63, 3.8) is 0 Å². The lowest BCUT2D eigenvalue weighted by Gasteiger charge is -2.15. The van der Waals surface area contributed by atoms with Crippen molar-refractivity contribution < 1.29 is 13.2 Å². The molecule has 2 aromatic rings. The molecule has 134 valence electrons. The lowest BCUT2D eigenvalue weighted by Crippen LogP contribution is -2.29. The number of fused-ring (bicyclic) bond motifs is 1. The van der Waals surface area contributed by atoms with Gasteiger partial charge in [0.2, 0.25) is 0 Å². The highest BCUT2D eigenvalue weighted by molar-refractivity contribution is 7.90. The molecule has 1 amide bonds. The highest BCUT2D eigenvalue weighted by atomic mass is 32.2. The number of rotatable bonds is 4. The zero-order valence-corrected chi connectivity index (χ0v) is 15.2.